The van der Waals surface area contributed by atoms with Crippen LogP contribution in [0.15, 0.2) is 18.2 Å². The van der Waals surface area contributed by atoms with Crippen LogP contribution in [0.3, 0.4) is 0 Å². The van der Waals surface area contributed by atoms with E-state index >= 15 is 0 Å². The number of rotatable bonds is 2. The van der Waals surface area contributed by atoms with Crippen LogP contribution in [-0.2, 0) is 4.79 Å². The molecule has 0 spiro atoms. The van der Waals surface area contributed by atoms with Crippen LogP contribution in [0.25, 0.3) is 0 Å². The SMILES string of the molecule is CC1(C)C[C@H](NC=O)c2cc(Cl)ccc2O1. The molecule has 0 saturated heterocycles. The van der Waals surface area contributed by atoms with Crippen molar-refractivity contribution in [2.45, 2.75) is 31.9 Å². The van der Waals surface area contributed by atoms with Crippen LogP contribution in [-0.4, -0.2) is 12.0 Å². The smallest absolute Gasteiger partial charge is 0.207 e. The lowest BCUT2D eigenvalue weighted by Gasteiger charge is -2.37. The molecule has 0 unspecified atom stereocenters. The highest BCUT2D eigenvalue weighted by Gasteiger charge is 2.33. The Hall–Kier alpha value is -1.22. The zero-order valence-electron chi connectivity index (χ0n) is 9.29. The number of hydrogen-bond donors (Lipinski definition) is 1. The van der Waals surface area contributed by atoms with Gasteiger partial charge in [0.1, 0.15) is 11.4 Å². The maximum atomic E-state index is 10.6. The van der Waals surface area contributed by atoms with Crippen molar-refractivity contribution >= 4 is 18.0 Å². The van der Waals surface area contributed by atoms with E-state index in [1.165, 1.54) is 0 Å². The van der Waals surface area contributed by atoms with Gasteiger partial charge in [-0.05, 0) is 32.0 Å². The lowest BCUT2D eigenvalue weighted by atomic mass is 9.90. The minimum absolute atomic E-state index is 0.0325. The van der Waals surface area contributed by atoms with Crippen LogP contribution in [0.2, 0.25) is 5.02 Å². The van der Waals surface area contributed by atoms with Gasteiger partial charge in [-0.15, -0.1) is 0 Å². The molecule has 0 aliphatic carbocycles. The van der Waals surface area contributed by atoms with E-state index in [9.17, 15) is 4.79 Å². The van der Waals surface area contributed by atoms with Crippen molar-refractivity contribution in [2.24, 2.45) is 0 Å². The number of benzene rings is 1. The van der Waals surface area contributed by atoms with Gasteiger partial charge in [0.2, 0.25) is 6.41 Å². The van der Waals surface area contributed by atoms with Crippen LogP contribution in [0.1, 0.15) is 31.9 Å². The predicted octanol–water partition coefficient (Wildman–Crippen LogP) is 2.69. The lowest BCUT2D eigenvalue weighted by molar-refractivity contribution is -0.110. The molecule has 16 heavy (non-hydrogen) atoms. The molecule has 1 aliphatic heterocycles. The van der Waals surface area contributed by atoms with Gasteiger partial charge >= 0.3 is 0 Å². The molecule has 1 aromatic rings. The van der Waals surface area contributed by atoms with E-state index < -0.39 is 0 Å². The molecular formula is C12H14ClNO2. The number of amides is 1. The van der Waals surface area contributed by atoms with E-state index in [-0.39, 0.29) is 11.6 Å². The number of carbonyl (C=O) groups is 1. The molecule has 1 aliphatic rings. The Labute approximate surface area is 99.7 Å². The van der Waals surface area contributed by atoms with E-state index in [1.807, 2.05) is 26.0 Å². The van der Waals surface area contributed by atoms with Crippen molar-refractivity contribution < 1.29 is 9.53 Å². The van der Waals surface area contributed by atoms with Gasteiger partial charge in [0.15, 0.2) is 0 Å². The van der Waals surface area contributed by atoms with Gasteiger partial charge in [-0.2, -0.15) is 0 Å². The van der Waals surface area contributed by atoms with E-state index in [0.717, 1.165) is 24.1 Å². The number of fused-ring (bicyclic) bond motifs is 1. The third kappa shape index (κ3) is 2.14. The van der Waals surface area contributed by atoms with Crippen molar-refractivity contribution in [2.75, 3.05) is 0 Å². The molecule has 1 amide bonds. The van der Waals surface area contributed by atoms with E-state index in [0.29, 0.717) is 5.02 Å². The Balaban J connectivity index is 2.42. The number of halogens is 1. The Morgan fingerprint density at radius 3 is 3.00 bits per heavy atom. The largest absolute Gasteiger partial charge is 0.487 e. The number of nitrogens with one attached hydrogen (secondary N) is 1. The summed E-state index contributed by atoms with van der Waals surface area (Å²) in [5, 5.41) is 3.46. The van der Waals surface area contributed by atoms with Crippen LogP contribution in [0.5, 0.6) is 5.75 Å². The maximum absolute atomic E-state index is 10.6. The summed E-state index contributed by atoms with van der Waals surface area (Å²) in [6, 6.07) is 5.44. The Bertz CT molecular complexity index is 417. The van der Waals surface area contributed by atoms with Crippen molar-refractivity contribution in [1.29, 1.82) is 0 Å². The molecule has 0 radical (unpaired) electrons. The first-order chi connectivity index (χ1) is 7.52. The van der Waals surface area contributed by atoms with Gasteiger partial charge in [0.25, 0.3) is 0 Å². The van der Waals surface area contributed by atoms with Crippen LogP contribution >= 0.6 is 11.6 Å². The molecular weight excluding hydrogens is 226 g/mol. The maximum Gasteiger partial charge on any atom is 0.207 e. The second-order valence-corrected chi connectivity index (χ2v) is 5.02. The number of ether oxygens (including phenoxy) is 1. The molecule has 3 nitrogen and oxygen atoms in total. The normalized spacial score (nSPS) is 21.8. The first kappa shape index (κ1) is 11.3. The van der Waals surface area contributed by atoms with Gasteiger partial charge in [-0.25, -0.2) is 0 Å². The van der Waals surface area contributed by atoms with Crippen LogP contribution < -0.4 is 10.1 Å². The quantitative estimate of drug-likeness (QED) is 0.806. The Morgan fingerprint density at radius 1 is 1.56 bits per heavy atom. The van der Waals surface area contributed by atoms with Gasteiger partial charge in [-0.1, -0.05) is 11.6 Å². The van der Waals surface area contributed by atoms with Crippen molar-refractivity contribution in [1.82, 2.24) is 5.32 Å². The number of hydrogen-bond acceptors (Lipinski definition) is 2. The monoisotopic (exact) mass is 239 g/mol. The standard InChI is InChI=1S/C12H14ClNO2/c1-12(2)6-10(14-7-15)9-5-8(13)3-4-11(9)16-12/h3-5,7,10H,6H2,1-2H3,(H,14,15)/t10-/m0/s1. The third-order valence-corrected chi connectivity index (χ3v) is 2.93. The highest BCUT2D eigenvalue weighted by atomic mass is 35.5. The fourth-order valence-corrected chi connectivity index (χ4v) is 2.24. The highest BCUT2D eigenvalue weighted by molar-refractivity contribution is 6.30. The summed E-state index contributed by atoms with van der Waals surface area (Å²) in [6.45, 7) is 4.01. The molecule has 0 fully saturated rings. The van der Waals surface area contributed by atoms with E-state index in [4.69, 9.17) is 16.3 Å². The van der Waals surface area contributed by atoms with Crippen molar-refractivity contribution in [3.63, 3.8) is 0 Å². The van der Waals surface area contributed by atoms with Crippen LogP contribution in [0, 0.1) is 0 Å². The average Bonchev–Trinajstić information content (AvgIpc) is 2.18. The summed E-state index contributed by atoms with van der Waals surface area (Å²) in [6.07, 6.45) is 1.45. The van der Waals surface area contributed by atoms with Crippen LogP contribution in [0.4, 0.5) is 0 Å². The van der Waals surface area contributed by atoms with Gasteiger partial charge in [0, 0.05) is 17.0 Å². The fourth-order valence-electron chi connectivity index (χ4n) is 2.06. The zero-order valence-corrected chi connectivity index (χ0v) is 10.0. The molecule has 0 aromatic heterocycles. The molecule has 1 heterocycles. The van der Waals surface area contributed by atoms with Crippen molar-refractivity contribution in [3.05, 3.63) is 28.8 Å². The third-order valence-electron chi connectivity index (χ3n) is 2.70. The Kier molecular flexibility index (Phi) is 2.80. The second kappa shape index (κ2) is 3.98. The molecule has 0 saturated carbocycles. The van der Waals surface area contributed by atoms with E-state index in [2.05, 4.69) is 5.32 Å². The van der Waals surface area contributed by atoms with Crippen molar-refractivity contribution in [3.8, 4) is 5.75 Å². The molecule has 4 heteroatoms. The molecule has 1 atom stereocenters. The summed E-state index contributed by atoms with van der Waals surface area (Å²) in [5.41, 5.74) is 0.667. The van der Waals surface area contributed by atoms with Gasteiger partial charge < -0.3 is 10.1 Å². The minimum atomic E-state index is -0.276. The molecule has 0 bridgehead atoms. The second-order valence-electron chi connectivity index (χ2n) is 4.59. The van der Waals surface area contributed by atoms with E-state index in [1.54, 1.807) is 6.07 Å². The summed E-state index contributed by atoms with van der Waals surface area (Å²) >= 11 is 5.94. The molecule has 1 aromatic carbocycles. The molecule has 86 valence electrons. The summed E-state index contributed by atoms with van der Waals surface area (Å²) < 4.78 is 5.84. The topological polar surface area (TPSA) is 38.3 Å². The summed E-state index contributed by atoms with van der Waals surface area (Å²) in [4.78, 5) is 10.6. The minimum Gasteiger partial charge on any atom is -0.487 e. The number of carbonyl (C=O) groups excluding carboxylic acids is 1. The van der Waals surface area contributed by atoms with Gasteiger partial charge in [-0.3, -0.25) is 4.79 Å². The predicted molar refractivity (Wildman–Crippen MR) is 62.7 cm³/mol. The first-order valence-electron chi connectivity index (χ1n) is 5.20. The summed E-state index contributed by atoms with van der Waals surface area (Å²) in [7, 11) is 0. The highest BCUT2D eigenvalue weighted by Crippen LogP contribution is 2.40. The summed E-state index contributed by atoms with van der Waals surface area (Å²) in [5.74, 6) is 0.792. The molecule has 2 rings (SSSR count). The average molecular weight is 240 g/mol. The molecule has 1 N–H and O–H groups in total. The van der Waals surface area contributed by atoms with Gasteiger partial charge in [0.05, 0.1) is 6.04 Å². The Morgan fingerprint density at radius 2 is 2.31 bits per heavy atom. The first-order valence-corrected chi connectivity index (χ1v) is 5.58. The fraction of sp³-hybridized carbons (Fsp3) is 0.417. The lowest BCUT2D eigenvalue weighted by Crippen LogP contribution is -2.39. The zero-order chi connectivity index (χ0) is 11.8.